The normalized spacial score (nSPS) is 37.7. The summed E-state index contributed by atoms with van der Waals surface area (Å²) in [5.74, 6) is 1.29. The molecule has 1 aliphatic heterocycles. The quantitative estimate of drug-likeness (QED) is 0.503. The average Bonchev–Trinajstić information content (AvgIpc) is 2.03. The molecule has 2 atom stereocenters. The molecule has 74 valence electrons. The fourth-order valence-electron chi connectivity index (χ4n) is 1.04. The number of ether oxygens (including phenoxy) is 1. The first-order valence-corrected chi connectivity index (χ1v) is 14.6. The van der Waals surface area contributed by atoms with E-state index in [1.807, 2.05) is 0 Å². The van der Waals surface area contributed by atoms with Crippen molar-refractivity contribution in [3.05, 3.63) is 0 Å². The molecule has 0 bridgehead atoms. The van der Waals surface area contributed by atoms with E-state index in [-0.39, 0.29) is 0 Å². The van der Waals surface area contributed by atoms with Crippen LogP contribution >= 0.6 is 51.4 Å². The Morgan fingerprint density at radius 2 is 1.58 bits per heavy atom. The molecule has 1 heterocycles. The number of hydrogen-bond acceptors (Lipinski definition) is 1. The van der Waals surface area contributed by atoms with Gasteiger partial charge in [0.1, 0.15) is 0 Å². The van der Waals surface area contributed by atoms with Crippen molar-refractivity contribution in [2.45, 2.75) is 9.63 Å². The topological polar surface area (TPSA) is 9.23 Å². The van der Waals surface area contributed by atoms with E-state index in [0.29, 0.717) is 21.4 Å². The third-order valence-electron chi connectivity index (χ3n) is 1.84. The van der Waals surface area contributed by atoms with Gasteiger partial charge in [0, 0.05) is 0 Å². The first kappa shape index (κ1) is 12.1. The molecular weight excluding hydrogens is 398 g/mol. The van der Waals surface area contributed by atoms with E-state index in [2.05, 4.69) is 28.2 Å². The molecule has 1 nitrogen and oxygen atoms in total. The molecule has 1 saturated heterocycles. The second kappa shape index (κ2) is 5.20. The van der Waals surface area contributed by atoms with Crippen molar-refractivity contribution in [2.75, 3.05) is 25.0 Å². The van der Waals surface area contributed by atoms with Crippen molar-refractivity contribution in [1.29, 1.82) is 0 Å². The summed E-state index contributed by atoms with van der Waals surface area (Å²) in [7, 11) is -1.80. The zero-order chi connectivity index (χ0) is 9.19. The van der Waals surface area contributed by atoms with Crippen LogP contribution in [-0.2, 0) is 4.74 Å². The molecule has 0 aromatic rings. The fourth-order valence-corrected chi connectivity index (χ4v) is 14.5. The molecule has 1 fully saturated rings. The van der Waals surface area contributed by atoms with Crippen LogP contribution in [0, 0.1) is 0 Å². The van der Waals surface area contributed by atoms with Crippen LogP contribution in [0.4, 0.5) is 0 Å². The molecule has 0 aromatic carbocycles. The van der Waals surface area contributed by atoms with Crippen molar-refractivity contribution in [1.82, 2.24) is 0 Å². The molecule has 0 N–H and O–H groups in total. The molecule has 0 aliphatic carbocycles. The van der Waals surface area contributed by atoms with Gasteiger partial charge in [0.25, 0.3) is 0 Å². The van der Waals surface area contributed by atoms with Gasteiger partial charge in [-0.1, -0.05) is 0 Å². The van der Waals surface area contributed by atoms with Crippen molar-refractivity contribution in [3.63, 3.8) is 0 Å². The number of alkyl halides is 2. The van der Waals surface area contributed by atoms with Crippen LogP contribution in [0.25, 0.3) is 0 Å². The Balaban J connectivity index is 2.67. The van der Waals surface area contributed by atoms with Crippen LogP contribution in [0.3, 0.4) is 0 Å². The van der Waals surface area contributed by atoms with Gasteiger partial charge in [-0.25, -0.2) is 0 Å². The van der Waals surface area contributed by atoms with Crippen LogP contribution in [0.2, 0.25) is 9.63 Å². The summed E-state index contributed by atoms with van der Waals surface area (Å²) in [6.07, 6.45) is 0. The van der Waals surface area contributed by atoms with E-state index in [9.17, 15) is 0 Å². The Labute approximate surface area is 99.1 Å². The summed E-state index contributed by atoms with van der Waals surface area (Å²) < 4.78 is 5.42. The Kier molecular flexibility index (Phi) is 5.24. The van der Waals surface area contributed by atoms with Crippen molar-refractivity contribution in [2.24, 2.45) is 0 Å². The van der Waals surface area contributed by atoms with E-state index in [4.69, 9.17) is 27.9 Å². The standard InChI is InChI=1S/C6H10Br2Cl2OSe/c7-12(8)5(1-9)3-11-4-6(12)2-10/h5-6H,1-4H2/t5-,6+. The third kappa shape index (κ3) is 2.53. The SMILES string of the molecule is ClC[C@@H]1COC[C@H](CCl)[Se]1(Br)Br. The first-order valence-electron chi connectivity index (χ1n) is 3.52. The van der Waals surface area contributed by atoms with Gasteiger partial charge in [0.15, 0.2) is 0 Å². The van der Waals surface area contributed by atoms with Gasteiger partial charge in [-0.15, -0.1) is 0 Å². The molecule has 0 saturated carbocycles. The Morgan fingerprint density at radius 3 is 1.92 bits per heavy atom. The summed E-state index contributed by atoms with van der Waals surface area (Å²) in [5, 5.41) is 0. The predicted octanol–water partition coefficient (Wildman–Crippen LogP) is 3.47. The average molecular weight is 408 g/mol. The Hall–Kier alpha value is 2.02. The van der Waals surface area contributed by atoms with E-state index < -0.39 is 9.23 Å². The van der Waals surface area contributed by atoms with Gasteiger partial charge in [-0.2, -0.15) is 0 Å². The van der Waals surface area contributed by atoms with Crippen LogP contribution < -0.4 is 0 Å². The second-order valence-electron chi connectivity index (χ2n) is 2.64. The molecule has 1 aliphatic rings. The first-order chi connectivity index (χ1) is 5.62. The number of rotatable bonds is 2. The number of halogens is 4. The second-order valence-corrected chi connectivity index (χ2v) is 24.0. The summed E-state index contributed by atoms with van der Waals surface area (Å²) in [6.45, 7) is 1.51. The van der Waals surface area contributed by atoms with Crippen LogP contribution in [0.1, 0.15) is 0 Å². The van der Waals surface area contributed by atoms with Crippen molar-refractivity contribution in [3.8, 4) is 0 Å². The minimum atomic E-state index is -1.80. The van der Waals surface area contributed by atoms with E-state index in [1.54, 1.807) is 0 Å². The van der Waals surface area contributed by atoms with E-state index in [0.717, 1.165) is 13.2 Å². The van der Waals surface area contributed by atoms with E-state index in [1.165, 1.54) is 0 Å². The zero-order valence-electron chi connectivity index (χ0n) is 6.31. The molecular formula is C6H10Br2Cl2OSe. The maximum atomic E-state index is 5.84. The molecule has 12 heavy (non-hydrogen) atoms. The van der Waals surface area contributed by atoms with Gasteiger partial charge in [0.2, 0.25) is 0 Å². The minimum absolute atomic E-state index is 0.431. The zero-order valence-corrected chi connectivity index (χ0v) is 12.7. The molecule has 0 unspecified atom stereocenters. The summed E-state index contributed by atoms with van der Waals surface area (Å²) in [5.41, 5.74) is 0. The fraction of sp³-hybridized carbons (Fsp3) is 1.00. The van der Waals surface area contributed by atoms with Crippen LogP contribution in [0.5, 0.6) is 0 Å². The van der Waals surface area contributed by atoms with Crippen molar-refractivity contribution < 1.29 is 4.74 Å². The molecule has 0 spiro atoms. The predicted molar refractivity (Wildman–Crippen MR) is 63.4 cm³/mol. The van der Waals surface area contributed by atoms with Crippen molar-refractivity contribution >= 4 is 60.7 Å². The van der Waals surface area contributed by atoms with Crippen LogP contribution in [0.15, 0.2) is 0 Å². The number of hydrogen-bond donors (Lipinski definition) is 0. The molecule has 0 aromatic heterocycles. The van der Waals surface area contributed by atoms with Gasteiger partial charge < -0.3 is 0 Å². The third-order valence-corrected chi connectivity index (χ3v) is 19.4. The summed E-state index contributed by atoms with van der Waals surface area (Å²) in [4.78, 5) is 0.862. The monoisotopic (exact) mass is 406 g/mol. The van der Waals surface area contributed by atoms with E-state index >= 15 is 0 Å². The summed E-state index contributed by atoms with van der Waals surface area (Å²) in [6, 6.07) is 0. The molecule has 0 radical (unpaired) electrons. The van der Waals surface area contributed by atoms with Crippen LogP contribution in [-0.4, -0.2) is 34.2 Å². The molecule has 1 rings (SSSR count). The Bertz CT molecular complexity index is 144. The Morgan fingerprint density at radius 1 is 1.17 bits per heavy atom. The van der Waals surface area contributed by atoms with Gasteiger partial charge in [-0.05, 0) is 0 Å². The van der Waals surface area contributed by atoms with Gasteiger partial charge >= 0.3 is 100.0 Å². The van der Waals surface area contributed by atoms with Gasteiger partial charge in [-0.3, -0.25) is 0 Å². The van der Waals surface area contributed by atoms with Gasteiger partial charge in [0.05, 0.1) is 0 Å². The molecule has 0 amide bonds. The maximum absolute atomic E-state index is 5.84. The summed E-state index contributed by atoms with van der Waals surface area (Å²) >= 11 is 19.2. The molecule has 6 heteroatoms.